The minimum Gasteiger partial charge on any atom is -0.481 e. The first kappa shape index (κ1) is 16.3. The number of carbonyl (C=O) groups is 2. The number of fused-ring (bicyclic) bond motifs is 3. The number of allylic oxidation sites excluding steroid dienone is 3. The van der Waals surface area contributed by atoms with Gasteiger partial charge in [0.15, 0.2) is 0 Å². The Hall–Kier alpha value is -1.58. The summed E-state index contributed by atoms with van der Waals surface area (Å²) in [5.74, 6) is -0.936. The number of hydrogen-bond donors (Lipinski definition) is 2. The van der Waals surface area contributed by atoms with Crippen molar-refractivity contribution in [2.24, 2.45) is 22.7 Å². The molecule has 0 heterocycles. The first-order valence-corrected chi connectivity index (χ1v) is 8.62. The SMILES string of the molecule is CC1(C(=O)O)CCCC2(C)C3CCC(=CC(=O)O)CC3=CCC12. The monoisotopic (exact) mass is 318 g/mol. The van der Waals surface area contributed by atoms with E-state index in [0.717, 1.165) is 50.5 Å². The Morgan fingerprint density at radius 2 is 2.00 bits per heavy atom. The molecule has 0 aliphatic heterocycles. The normalized spacial score (nSPS) is 41.7. The molecule has 0 saturated heterocycles. The average Bonchev–Trinajstić information content (AvgIpc) is 2.46. The van der Waals surface area contributed by atoms with Crippen molar-refractivity contribution in [2.45, 2.75) is 58.8 Å². The van der Waals surface area contributed by atoms with Gasteiger partial charge >= 0.3 is 11.9 Å². The zero-order valence-electron chi connectivity index (χ0n) is 14.0. The Balaban J connectivity index is 1.93. The number of aliphatic carboxylic acids is 2. The van der Waals surface area contributed by atoms with Crippen molar-refractivity contribution < 1.29 is 19.8 Å². The molecule has 4 nitrogen and oxygen atoms in total. The smallest absolute Gasteiger partial charge is 0.328 e. The average molecular weight is 318 g/mol. The van der Waals surface area contributed by atoms with Gasteiger partial charge in [0, 0.05) is 6.08 Å². The van der Waals surface area contributed by atoms with Crippen LogP contribution in [0.15, 0.2) is 23.3 Å². The van der Waals surface area contributed by atoms with Crippen LogP contribution >= 0.6 is 0 Å². The van der Waals surface area contributed by atoms with Crippen LogP contribution in [0.5, 0.6) is 0 Å². The summed E-state index contributed by atoms with van der Waals surface area (Å²) in [5, 5.41) is 18.8. The maximum atomic E-state index is 11.9. The lowest BCUT2D eigenvalue weighted by Gasteiger charge is -2.57. The Morgan fingerprint density at radius 3 is 2.65 bits per heavy atom. The van der Waals surface area contributed by atoms with E-state index < -0.39 is 17.4 Å². The van der Waals surface area contributed by atoms with Gasteiger partial charge in [-0.05, 0) is 62.7 Å². The first-order chi connectivity index (χ1) is 10.8. The van der Waals surface area contributed by atoms with Crippen molar-refractivity contribution in [1.82, 2.24) is 0 Å². The Bertz CT molecular complexity index is 602. The van der Waals surface area contributed by atoms with E-state index in [0.29, 0.717) is 5.92 Å². The van der Waals surface area contributed by atoms with Gasteiger partial charge in [0.2, 0.25) is 0 Å². The number of hydrogen-bond acceptors (Lipinski definition) is 2. The van der Waals surface area contributed by atoms with Crippen molar-refractivity contribution >= 4 is 11.9 Å². The van der Waals surface area contributed by atoms with Gasteiger partial charge in [-0.3, -0.25) is 4.79 Å². The maximum Gasteiger partial charge on any atom is 0.328 e. The van der Waals surface area contributed by atoms with E-state index in [1.807, 2.05) is 6.92 Å². The van der Waals surface area contributed by atoms with Gasteiger partial charge in [0.25, 0.3) is 0 Å². The Morgan fingerprint density at radius 1 is 1.26 bits per heavy atom. The maximum absolute atomic E-state index is 11.9. The second-order valence-electron chi connectivity index (χ2n) is 8.06. The Labute approximate surface area is 137 Å². The largest absolute Gasteiger partial charge is 0.481 e. The van der Waals surface area contributed by atoms with E-state index in [4.69, 9.17) is 5.11 Å². The lowest BCUT2D eigenvalue weighted by Crippen LogP contribution is -2.53. The van der Waals surface area contributed by atoms with Crippen molar-refractivity contribution in [3.63, 3.8) is 0 Å². The molecule has 3 rings (SSSR count). The van der Waals surface area contributed by atoms with Gasteiger partial charge < -0.3 is 10.2 Å². The van der Waals surface area contributed by atoms with Crippen LogP contribution in [0.3, 0.4) is 0 Å². The third-order valence-corrected chi connectivity index (χ3v) is 6.84. The van der Waals surface area contributed by atoms with Crippen LogP contribution in [0.25, 0.3) is 0 Å². The lowest BCUT2D eigenvalue weighted by atomic mass is 9.46. The fourth-order valence-corrected chi connectivity index (χ4v) is 5.64. The molecule has 0 radical (unpaired) electrons. The van der Waals surface area contributed by atoms with E-state index in [2.05, 4.69) is 13.0 Å². The van der Waals surface area contributed by atoms with Crippen LogP contribution < -0.4 is 0 Å². The number of carboxylic acids is 2. The predicted octanol–water partition coefficient (Wildman–Crippen LogP) is 4.02. The van der Waals surface area contributed by atoms with Crippen molar-refractivity contribution in [3.05, 3.63) is 23.3 Å². The summed E-state index contributed by atoms with van der Waals surface area (Å²) in [7, 11) is 0. The summed E-state index contributed by atoms with van der Waals surface area (Å²) in [4.78, 5) is 22.8. The van der Waals surface area contributed by atoms with Crippen LogP contribution in [0.2, 0.25) is 0 Å². The molecule has 2 fully saturated rings. The van der Waals surface area contributed by atoms with E-state index >= 15 is 0 Å². The standard InChI is InChI=1S/C19H26O4/c1-18-8-3-9-19(2,17(22)23)15(18)7-5-13-10-12(11-16(20)21)4-6-14(13)18/h5,11,14-15H,3-4,6-10H2,1-2H3,(H,20,21)(H,22,23). The molecule has 0 amide bonds. The van der Waals surface area contributed by atoms with E-state index in [9.17, 15) is 14.7 Å². The zero-order chi connectivity index (χ0) is 16.8. The first-order valence-electron chi connectivity index (χ1n) is 8.62. The minimum atomic E-state index is -0.866. The third-order valence-electron chi connectivity index (χ3n) is 6.84. The highest BCUT2D eigenvalue weighted by atomic mass is 16.4. The summed E-state index contributed by atoms with van der Waals surface area (Å²) in [6.45, 7) is 4.20. The molecule has 0 aromatic carbocycles. The van der Waals surface area contributed by atoms with Gasteiger partial charge in [0.1, 0.15) is 0 Å². The van der Waals surface area contributed by atoms with Crippen molar-refractivity contribution in [1.29, 1.82) is 0 Å². The van der Waals surface area contributed by atoms with Crippen LogP contribution in [0.1, 0.15) is 58.8 Å². The van der Waals surface area contributed by atoms with Crippen molar-refractivity contribution in [3.8, 4) is 0 Å². The zero-order valence-corrected chi connectivity index (χ0v) is 14.0. The molecule has 2 saturated carbocycles. The topological polar surface area (TPSA) is 74.6 Å². The van der Waals surface area contributed by atoms with Gasteiger partial charge in [-0.25, -0.2) is 4.79 Å². The molecule has 4 heteroatoms. The van der Waals surface area contributed by atoms with E-state index in [1.165, 1.54) is 11.6 Å². The molecule has 23 heavy (non-hydrogen) atoms. The molecule has 2 N–H and O–H groups in total. The van der Waals surface area contributed by atoms with Crippen LogP contribution in [0, 0.1) is 22.7 Å². The van der Waals surface area contributed by atoms with E-state index in [-0.39, 0.29) is 11.3 Å². The summed E-state index contributed by atoms with van der Waals surface area (Å²) < 4.78 is 0. The van der Waals surface area contributed by atoms with E-state index in [1.54, 1.807) is 0 Å². The molecule has 3 aliphatic rings. The molecule has 3 aliphatic carbocycles. The molecule has 4 unspecified atom stereocenters. The molecule has 0 aromatic rings. The van der Waals surface area contributed by atoms with Crippen LogP contribution in [-0.4, -0.2) is 22.2 Å². The number of carboxylic acid groups (broad SMARTS) is 2. The van der Waals surface area contributed by atoms with Crippen molar-refractivity contribution in [2.75, 3.05) is 0 Å². The fourth-order valence-electron chi connectivity index (χ4n) is 5.64. The second-order valence-corrected chi connectivity index (χ2v) is 8.06. The minimum absolute atomic E-state index is 0.0320. The van der Waals surface area contributed by atoms with Gasteiger partial charge in [-0.15, -0.1) is 0 Å². The summed E-state index contributed by atoms with van der Waals surface area (Å²) in [6.07, 6.45) is 9.73. The molecule has 126 valence electrons. The molecule has 0 bridgehead atoms. The van der Waals surface area contributed by atoms with Gasteiger partial charge in [-0.2, -0.15) is 0 Å². The van der Waals surface area contributed by atoms with Gasteiger partial charge in [-0.1, -0.05) is 30.6 Å². The molecular formula is C19H26O4. The van der Waals surface area contributed by atoms with Crippen LogP contribution in [-0.2, 0) is 9.59 Å². The van der Waals surface area contributed by atoms with Crippen LogP contribution in [0.4, 0.5) is 0 Å². The quantitative estimate of drug-likeness (QED) is 0.595. The third kappa shape index (κ3) is 2.52. The number of rotatable bonds is 2. The van der Waals surface area contributed by atoms with Gasteiger partial charge in [0.05, 0.1) is 5.41 Å². The highest BCUT2D eigenvalue weighted by Crippen LogP contribution is 2.62. The molecule has 0 spiro atoms. The highest BCUT2D eigenvalue weighted by molar-refractivity contribution is 5.80. The highest BCUT2D eigenvalue weighted by Gasteiger charge is 2.57. The fraction of sp³-hybridized carbons (Fsp3) is 0.684. The summed E-state index contributed by atoms with van der Waals surface area (Å²) in [5.41, 5.74) is 1.74. The predicted molar refractivity (Wildman–Crippen MR) is 87.0 cm³/mol. The molecule has 4 atom stereocenters. The summed E-state index contributed by atoms with van der Waals surface area (Å²) in [6, 6.07) is 0. The lowest BCUT2D eigenvalue weighted by molar-refractivity contribution is -0.162. The molecule has 0 aromatic heterocycles. The molecular weight excluding hydrogens is 292 g/mol. The second kappa shape index (κ2) is 5.50. The Kier molecular flexibility index (Phi) is 3.89. The summed E-state index contributed by atoms with van der Waals surface area (Å²) >= 11 is 0.